The molecule has 3 aromatic rings. The van der Waals surface area contributed by atoms with E-state index in [-0.39, 0.29) is 5.56 Å². The Kier molecular flexibility index (Phi) is 3.54. The number of aromatic nitrogens is 1. The number of fused-ring (bicyclic) bond motifs is 1. The van der Waals surface area contributed by atoms with Crippen molar-refractivity contribution in [3.05, 3.63) is 66.1 Å². The van der Waals surface area contributed by atoms with Gasteiger partial charge in [0.25, 0.3) is 0 Å². The summed E-state index contributed by atoms with van der Waals surface area (Å²) >= 11 is 0. The molecule has 0 unspecified atom stereocenters. The molecule has 0 aliphatic carbocycles. The molecule has 0 saturated heterocycles. The number of hydrogen-bond donors (Lipinski definition) is 1. The molecule has 0 aliphatic heterocycles. The third-order valence-electron chi connectivity index (χ3n) is 3.26. The average Bonchev–Trinajstić information content (AvgIpc) is 2.47. The van der Waals surface area contributed by atoms with Gasteiger partial charge in [0.2, 0.25) is 0 Å². The van der Waals surface area contributed by atoms with Crippen molar-refractivity contribution in [2.45, 2.75) is 13.0 Å². The molecule has 0 radical (unpaired) electrons. The maximum atomic E-state index is 13.9. The average molecular weight is 283 g/mol. The predicted octanol–water partition coefficient (Wildman–Crippen LogP) is 4.22. The topological polar surface area (TPSA) is 42.4 Å². The minimum Gasteiger partial charge on any atom is -0.456 e. The Morgan fingerprint density at radius 2 is 1.81 bits per heavy atom. The van der Waals surface area contributed by atoms with Crippen molar-refractivity contribution < 1.29 is 14.2 Å². The molecule has 1 heterocycles. The zero-order chi connectivity index (χ0) is 14.8. The molecule has 3 rings (SSSR count). The van der Waals surface area contributed by atoms with Crippen molar-refractivity contribution in [2.24, 2.45) is 0 Å². The lowest BCUT2D eigenvalue weighted by molar-refractivity contribution is 0.190. The van der Waals surface area contributed by atoms with Gasteiger partial charge in [-0.25, -0.2) is 4.39 Å². The molecule has 0 fully saturated rings. The highest BCUT2D eigenvalue weighted by Crippen LogP contribution is 2.34. The van der Waals surface area contributed by atoms with Crippen LogP contribution in [0.2, 0.25) is 0 Å². The van der Waals surface area contributed by atoms with Crippen LogP contribution >= 0.6 is 0 Å². The SMILES string of the molecule is C[C@@H](O)c1c(F)cccc1Oc1cccc2ncccc12. The molecule has 0 aliphatic rings. The summed E-state index contributed by atoms with van der Waals surface area (Å²) in [5.41, 5.74) is 0.948. The van der Waals surface area contributed by atoms with Gasteiger partial charge in [0.05, 0.1) is 17.2 Å². The van der Waals surface area contributed by atoms with Crippen LogP contribution in [0.15, 0.2) is 54.7 Å². The van der Waals surface area contributed by atoms with Gasteiger partial charge in [0.15, 0.2) is 0 Å². The lowest BCUT2D eigenvalue weighted by Crippen LogP contribution is -2.00. The number of pyridine rings is 1. The molecular formula is C17H14FNO2. The predicted molar refractivity (Wildman–Crippen MR) is 78.9 cm³/mol. The van der Waals surface area contributed by atoms with Gasteiger partial charge < -0.3 is 9.84 Å². The lowest BCUT2D eigenvalue weighted by atomic mass is 10.1. The second kappa shape index (κ2) is 5.50. The van der Waals surface area contributed by atoms with Gasteiger partial charge in [-0.05, 0) is 43.3 Å². The number of aliphatic hydroxyl groups excluding tert-OH is 1. The van der Waals surface area contributed by atoms with Crippen LogP contribution in [0, 0.1) is 5.82 Å². The molecule has 3 nitrogen and oxygen atoms in total. The third kappa shape index (κ3) is 2.58. The fraction of sp³-hybridized carbons (Fsp3) is 0.118. The molecular weight excluding hydrogens is 269 g/mol. The molecule has 2 aromatic carbocycles. The second-order valence-electron chi connectivity index (χ2n) is 4.76. The van der Waals surface area contributed by atoms with Crippen LogP contribution in [-0.4, -0.2) is 10.1 Å². The lowest BCUT2D eigenvalue weighted by Gasteiger charge is -2.15. The van der Waals surface area contributed by atoms with E-state index in [0.717, 1.165) is 10.9 Å². The first-order valence-corrected chi connectivity index (χ1v) is 6.65. The second-order valence-corrected chi connectivity index (χ2v) is 4.76. The van der Waals surface area contributed by atoms with Gasteiger partial charge in [0, 0.05) is 11.6 Å². The molecule has 4 heteroatoms. The van der Waals surface area contributed by atoms with Gasteiger partial charge in [0.1, 0.15) is 17.3 Å². The normalized spacial score (nSPS) is 12.3. The fourth-order valence-corrected chi connectivity index (χ4v) is 2.29. The van der Waals surface area contributed by atoms with Crippen molar-refractivity contribution in [3.8, 4) is 11.5 Å². The minimum absolute atomic E-state index is 0.151. The van der Waals surface area contributed by atoms with Crippen molar-refractivity contribution >= 4 is 10.9 Å². The van der Waals surface area contributed by atoms with Crippen molar-refractivity contribution in [3.63, 3.8) is 0 Å². The van der Waals surface area contributed by atoms with E-state index >= 15 is 0 Å². The van der Waals surface area contributed by atoms with Gasteiger partial charge in [-0.3, -0.25) is 4.98 Å². The Morgan fingerprint density at radius 1 is 1.05 bits per heavy atom. The van der Waals surface area contributed by atoms with E-state index in [2.05, 4.69) is 4.98 Å². The van der Waals surface area contributed by atoms with Crippen LogP contribution in [0.25, 0.3) is 10.9 Å². The summed E-state index contributed by atoms with van der Waals surface area (Å²) in [5, 5.41) is 10.6. The number of ether oxygens (including phenoxy) is 1. The first kappa shape index (κ1) is 13.5. The quantitative estimate of drug-likeness (QED) is 0.782. The van der Waals surface area contributed by atoms with Crippen LogP contribution in [-0.2, 0) is 0 Å². The maximum absolute atomic E-state index is 13.9. The largest absolute Gasteiger partial charge is 0.456 e. The number of aliphatic hydroxyl groups is 1. The highest BCUT2D eigenvalue weighted by Gasteiger charge is 2.16. The van der Waals surface area contributed by atoms with Crippen LogP contribution in [0.3, 0.4) is 0 Å². The van der Waals surface area contributed by atoms with Crippen molar-refractivity contribution in [1.82, 2.24) is 4.98 Å². The molecule has 1 N–H and O–H groups in total. The van der Waals surface area contributed by atoms with E-state index < -0.39 is 11.9 Å². The van der Waals surface area contributed by atoms with E-state index in [9.17, 15) is 9.50 Å². The smallest absolute Gasteiger partial charge is 0.136 e. The monoisotopic (exact) mass is 283 g/mol. The van der Waals surface area contributed by atoms with E-state index in [4.69, 9.17) is 4.74 Å². The van der Waals surface area contributed by atoms with E-state index in [1.54, 1.807) is 24.4 Å². The summed E-state index contributed by atoms with van der Waals surface area (Å²) in [7, 11) is 0. The molecule has 1 aromatic heterocycles. The van der Waals surface area contributed by atoms with Gasteiger partial charge in [-0.1, -0.05) is 12.1 Å². The Labute approximate surface area is 121 Å². The molecule has 21 heavy (non-hydrogen) atoms. The number of hydrogen-bond acceptors (Lipinski definition) is 3. The van der Waals surface area contributed by atoms with Gasteiger partial charge in [-0.15, -0.1) is 0 Å². The fourth-order valence-electron chi connectivity index (χ4n) is 2.29. The molecule has 0 saturated carbocycles. The van der Waals surface area contributed by atoms with E-state index in [0.29, 0.717) is 11.5 Å². The number of nitrogens with zero attached hydrogens (tertiary/aromatic N) is 1. The summed E-state index contributed by atoms with van der Waals surface area (Å²) in [6.45, 7) is 1.51. The van der Waals surface area contributed by atoms with Crippen LogP contribution in [0.4, 0.5) is 4.39 Å². The Hall–Kier alpha value is -2.46. The molecule has 0 bridgehead atoms. The third-order valence-corrected chi connectivity index (χ3v) is 3.26. The van der Waals surface area contributed by atoms with E-state index in [1.807, 2.05) is 24.3 Å². The zero-order valence-corrected chi connectivity index (χ0v) is 11.5. The first-order valence-electron chi connectivity index (χ1n) is 6.65. The van der Waals surface area contributed by atoms with Gasteiger partial charge in [-0.2, -0.15) is 0 Å². The van der Waals surface area contributed by atoms with Crippen LogP contribution in [0.1, 0.15) is 18.6 Å². The molecule has 106 valence electrons. The van der Waals surface area contributed by atoms with Crippen LogP contribution in [0.5, 0.6) is 11.5 Å². The summed E-state index contributed by atoms with van der Waals surface area (Å²) in [6, 6.07) is 13.7. The highest BCUT2D eigenvalue weighted by atomic mass is 19.1. The molecule has 0 amide bonds. The molecule has 1 atom stereocenters. The van der Waals surface area contributed by atoms with Crippen LogP contribution < -0.4 is 4.74 Å². The highest BCUT2D eigenvalue weighted by molar-refractivity contribution is 5.85. The zero-order valence-electron chi connectivity index (χ0n) is 11.5. The Balaban J connectivity index is 2.09. The summed E-state index contributed by atoms with van der Waals surface area (Å²) < 4.78 is 19.7. The van der Waals surface area contributed by atoms with Gasteiger partial charge >= 0.3 is 0 Å². The number of halogens is 1. The number of benzene rings is 2. The van der Waals surface area contributed by atoms with E-state index in [1.165, 1.54) is 13.0 Å². The summed E-state index contributed by atoms with van der Waals surface area (Å²) in [4.78, 5) is 4.26. The minimum atomic E-state index is -0.950. The standard InChI is InChI=1S/C17H14FNO2/c1-11(20)17-13(18)6-2-9-16(17)21-15-8-3-7-14-12(15)5-4-10-19-14/h2-11,20H,1H3/t11-/m1/s1. The van der Waals surface area contributed by atoms with Crippen molar-refractivity contribution in [1.29, 1.82) is 0 Å². The Morgan fingerprint density at radius 3 is 2.62 bits per heavy atom. The number of rotatable bonds is 3. The summed E-state index contributed by atoms with van der Waals surface area (Å²) in [6.07, 6.45) is 0.754. The Bertz CT molecular complexity index is 781. The van der Waals surface area contributed by atoms with Crippen molar-refractivity contribution in [2.75, 3.05) is 0 Å². The maximum Gasteiger partial charge on any atom is 0.136 e. The molecule has 0 spiro atoms. The summed E-state index contributed by atoms with van der Waals surface area (Å²) in [5.74, 6) is 0.398. The first-order chi connectivity index (χ1) is 10.2.